The van der Waals surface area contributed by atoms with E-state index in [2.05, 4.69) is 22.9 Å². The van der Waals surface area contributed by atoms with Crippen molar-refractivity contribution >= 4 is 17.6 Å². The lowest BCUT2D eigenvalue weighted by Crippen LogP contribution is -2.50. The SMILES string of the molecule is C[C@H]1C[C@@H](C(=O)N2CCC(NC(=O)Nc3ccc(F)cc3)CC2)CCN1. The van der Waals surface area contributed by atoms with Gasteiger partial charge in [0.05, 0.1) is 0 Å². The summed E-state index contributed by atoms with van der Waals surface area (Å²) in [6, 6.07) is 5.81. The second-order valence-corrected chi connectivity index (χ2v) is 7.28. The minimum Gasteiger partial charge on any atom is -0.342 e. The fourth-order valence-corrected chi connectivity index (χ4v) is 3.74. The maximum Gasteiger partial charge on any atom is 0.319 e. The summed E-state index contributed by atoms with van der Waals surface area (Å²) >= 11 is 0. The van der Waals surface area contributed by atoms with Crippen LogP contribution in [0.5, 0.6) is 0 Å². The highest BCUT2D eigenvalue weighted by atomic mass is 19.1. The van der Waals surface area contributed by atoms with Crippen LogP contribution in [0.2, 0.25) is 0 Å². The van der Waals surface area contributed by atoms with Gasteiger partial charge < -0.3 is 20.9 Å². The number of hydrogen-bond acceptors (Lipinski definition) is 3. The van der Waals surface area contributed by atoms with Crippen LogP contribution < -0.4 is 16.0 Å². The van der Waals surface area contributed by atoms with Gasteiger partial charge in [-0.3, -0.25) is 4.79 Å². The maximum absolute atomic E-state index is 12.9. The number of amides is 3. The molecule has 0 spiro atoms. The smallest absolute Gasteiger partial charge is 0.319 e. The number of halogens is 1. The van der Waals surface area contributed by atoms with Crippen molar-refractivity contribution in [3.8, 4) is 0 Å². The van der Waals surface area contributed by atoms with E-state index in [1.165, 1.54) is 24.3 Å². The van der Waals surface area contributed by atoms with Crippen LogP contribution in [-0.2, 0) is 4.79 Å². The molecule has 2 heterocycles. The first-order valence-electron chi connectivity index (χ1n) is 9.36. The zero-order chi connectivity index (χ0) is 18.5. The number of nitrogens with zero attached hydrogens (tertiary/aromatic N) is 1. The van der Waals surface area contributed by atoms with Gasteiger partial charge in [0.1, 0.15) is 5.82 Å². The normalized spacial score (nSPS) is 24.2. The molecule has 2 aliphatic heterocycles. The predicted octanol–water partition coefficient (Wildman–Crippen LogP) is 2.33. The largest absolute Gasteiger partial charge is 0.342 e. The van der Waals surface area contributed by atoms with Gasteiger partial charge in [-0.25, -0.2) is 9.18 Å². The zero-order valence-corrected chi connectivity index (χ0v) is 15.1. The average Bonchev–Trinajstić information content (AvgIpc) is 2.64. The van der Waals surface area contributed by atoms with Crippen molar-refractivity contribution in [2.75, 3.05) is 25.0 Å². The van der Waals surface area contributed by atoms with Crippen molar-refractivity contribution in [1.82, 2.24) is 15.5 Å². The monoisotopic (exact) mass is 362 g/mol. The molecule has 0 saturated carbocycles. The Morgan fingerprint density at radius 1 is 1.15 bits per heavy atom. The van der Waals surface area contributed by atoms with Crippen LogP contribution in [0.4, 0.5) is 14.9 Å². The minimum absolute atomic E-state index is 0.0476. The van der Waals surface area contributed by atoms with E-state index in [0.717, 1.165) is 32.2 Å². The van der Waals surface area contributed by atoms with Gasteiger partial charge in [-0.2, -0.15) is 0 Å². The molecule has 26 heavy (non-hydrogen) atoms. The molecule has 6 nitrogen and oxygen atoms in total. The zero-order valence-electron chi connectivity index (χ0n) is 15.1. The Hall–Kier alpha value is -2.15. The van der Waals surface area contributed by atoms with Crippen molar-refractivity contribution in [1.29, 1.82) is 0 Å². The Bertz CT molecular complexity index is 629. The van der Waals surface area contributed by atoms with Gasteiger partial charge >= 0.3 is 6.03 Å². The standard InChI is InChI=1S/C19H27FN4O2/c1-13-12-14(6-9-21-13)18(25)24-10-7-17(8-11-24)23-19(26)22-16-4-2-15(20)3-5-16/h2-5,13-14,17,21H,6-12H2,1H3,(H2,22,23,26)/t13-,14-/m0/s1. The Morgan fingerprint density at radius 2 is 1.85 bits per heavy atom. The first-order valence-corrected chi connectivity index (χ1v) is 9.36. The second kappa shape index (κ2) is 8.49. The van der Waals surface area contributed by atoms with Crippen molar-refractivity contribution in [2.45, 2.75) is 44.7 Å². The van der Waals surface area contributed by atoms with Gasteiger partial charge in [0.2, 0.25) is 5.91 Å². The van der Waals surface area contributed by atoms with E-state index in [1.807, 2.05) is 4.90 Å². The highest BCUT2D eigenvalue weighted by molar-refractivity contribution is 5.89. The van der Waals surface area contributed by atoms with E-state index < -0.39 is 0 Å². The number of urea groups is 1. The molecule has 3 N–H and O–H groups in total. The van der Waals surface area contributed by atoms with Crippen LogP contribution in [0.1, 0.15) is 32.6 Å². The molecule has 2 atom stereocenters. The lowest BCUT2D eigenvalue weighted by molar-refractivity contribution is -0.137. The summed E-state index contributed by atoms with van der Waals surface area (Å²) in [6.07, 6.45) is 3.31. The van der Waals surface area contributed by atoms with E-state index in [0.29, 0.717) is 24.8 Å². The fraction of sp³-hybridized carbons (Fsp3) is 0.579. The number of likely N-dealkylation sites (tertiary alicyclic amines) is 1. The van der Waals surface area contributed by atoms with Gasteiger partial charge in [-0.05, 0) is 63.4 Å². The Balaban J connectivity index is 1.42. The lowest BCUT2D eigenvalue weighted by Gasteiger charge is -2.36. The molecule has 0 aromatic heterocycles. The Morgan fingerprint density at radius 3 is 2.50 bits per heavy atom. The number of carbonyl (C=O) groups excluding carboxylic acids is 2. The van der Waals surface area contributed by atoms with Gasteiger partial charge in [0, 0.05) is 36.8 Å². The second-order valence-electron chi connectivity index (χ2n) is 7.28. The summed E-state index contributed by atoms with van der Waals surface area (Å²) in [5.41, 5.74) is 0.552. The van der Waals surface area contributed by atoms with Crippen LogP contribution >= 0.6 is 0 Å². The molecular weight excluding hydrogens is 335 g/mol. The highest BCUT2D eigenvalue weighted by Crippen LogP contribution is 2.21. The van der Waals surface area contributed by atoms with Crippen molar-refractivity contribution in [2.24, 2.45) is 5.92 Å². The molecule has 2 saturated heterocycles. The van der Waals surface area contributed by atoms with Crippen LogP contribution in [0.3, 0.4) is 0 Å². The van der Waals surface area contributed by atoms with Crippen LogP contribution in [0, 0.1) is 11.7 Å². The van der Waals surface area contributed by atoms with E-state index in [-0.39, 0.29) is 29.7 Å². The van der Waals surface area contributed by atoms with Crippen LogP contribution in [0.15, 0.2) is 24.3 Å². The third-order valence-corrected chi connectivity index (χ3v) is 5.22. The maximum atomic E-state index is 12.9. The number of piperidine rings is 2. The van der Waals surface area contributed by atoms with Crippen molar-refractivity contribution < 1.29 is 14.0 Å². The first-order chi connectivity index (χ1) is 12.5. The van der Waals surface area contributed by atoms with E-state index >= 15 is 0 Å². The summed E-state index contributed by atoms with van der Waals surface area (Å²) in [5, 5.41) is 9.01. The number of hydrogen-bond donors (Lipinski definition) is 3. The lowest BCUT2D eigenvalue weighted by atomic mass is 9.91. The molecule has 0 bridgehead atoms. The fourth-order valence-electron chi connectivity index (χ4n) is 3.74. The molecule has 1 aromatic rings. The molecule has 1 aromatic carbocycles. The molecule has 3 amide bonds. The topological polar surface area (TPSA) is 73.5 Å². The number of rotatable bonds is 3. The third-order valence-electron chi connectivity index (χ3n) is 5.22. The van der Waals surface area contributed by atoms with Gasteiger partial charge in [0.15, 0.2) is 0 Å². The number of anilines is 1. The van der Waals surface area contributed by atoms with Crippen molar-refractivity contribution in [3.05, 3.63) is 30.1 Å². The van der Waals surface area contributed by atoms with Gasteiger partial charge in [-0.15, -0.1) is 0 Å². The van der Waals surface area contributed by atoms with Gasteiger partial charge in [-0.1, -0.05) is 0 Å². The first kappa shape index (κ1) is 18.6. The van der Waals surface area contributed by atoms with Gasteiger partial charge in [0.25, 0.3) is 0 Å². The van der Waals surface area contributed by atoms with E-state index in [1.54, 1.807) is 0 Å². The minimum atomic E-state index is -0.337. The summed E-state index contributed by atoms with van der Waals surface area (Å²) in [4.78, 5) is 26.7. The summed E-state index contributed by atoms with van der Waals surface area (Å²) in [5.74, 6) is 0.0428. The average molecular weight is 362 g/mol. The Labute approximate surface area is 153 Å². The van der Waals surface area contributed by atoms with Crippen LogP contribution in [0.25, 0.3) is 0 Å². The van der Waals surface area contributed by atoms with Crippen LogP contribution in [-0.4, -0.2) is 48.6 Å². The summed E-state index contributed by atoms with van der Waals surface area (Å²) in [7, 11) is 0. The van der Waals surface area contributed by atoms with Crippen molar-refractivity contribution in [3.63, 3.8) is 0 Å². The Kier molecular flexibility index (Phi) is 6.08. The molecule has 2 fully saturated rings. The number of carbonyl (C=O) groups is 2. The molecule has 3 rings (SSSR count). The number of nitrogens with one attached hydrogen (secondary N) is 3. The van der Waals surface area contributed by atoms with E-state index in [4.69, 9.17) is 0 Å². The summed E-state index contributed by atoms with van der Waals surface area (Å²) in [6.45, 7) is 4.38. The quantitative estimate of drug-likeness (QED) is 0.773. The molecular formula is C19H27FN4O2. The van der Waals surface area contributed by atoms with E-state index in [9.17, 15) is 14.0 Å². The number of benzene rings is 1. The summed E-state index contributed by atoms with van der Waals surface area (Å²) < 4.78 is 12.9. The predicted molar refractivity (Wildman–Crippen MR) is 98.3 cm³/mol. The highest BCUT2D eigenvalue weighted by Gasteiger charge is 2.31. The molecule has 0 aliphatic carbocycles. The third kappa shape index (κ3) is 4.94. The molecule has 0 unspecified atom stereocenters. The molecule has 0 radical (unpaired) electrons. The molecule has 2 aliphatic rings. The molecule has 7 heteroatoms. The molecule has 142 valence electrons.